The minimum atomic E-state index is -0.793. The zero-order valence-corrected chi connectivity index (χ0v) is 24.1. The number of hydrogen-bond donors (Lipinski definition) is 3. The predicted octanol–water partition coefficient (Wildman–Crippen LogP) is 2.25. The first-order valence-electron chi connectivity index (χ1n) is 13.3. The fourth-order valence-corrected chi connectivity index (χ4v) is 5.26. The zero-order valence-electron chi connectivity index (χ0n) is 23.3. The summed E-state index contributed by atoms with van der Waals surface area (Å²) >= 11 is 1.60. The van der Waals surface area contributed by atoms with Crippen LogP contribution in [0.2, 0.25) is 0 Å². The van der Waals surface area contributed by atoms with E-state index in [9.17, 15) is 14.4 Å². The average molecular weight is 560 g/mol. The number of thiazole rings is 1. The van der Waals surface area contributed by atoms with Gasteiger partial charge in [-0.05, 0) is 36.3 Å². The van der Waals surface area contributed by atoms with Crippen LogP contribution in [0.5, 0.6) is 0 Å². The summed E-state index contributed by atoms with van der Waals surface area (Å²) < 4.78 is 10.6. The van der Waals surface area contributed by atoms with Gasteiger partial charge in [0.25, 0.3) is 0 Å². The number of aromatic nitrogens is 1. The maximum Gasteiger partial charge on any atom is 0.246 e. The highest BCUT2D eigenvalue weighted by Gasteiger charge is 2.41. The summed E-state index contributed by atoms with van der Waals surface area (Å²) in [5.74, 6) is -0.841. The molecule has 3 rings (SSSR count). The van der Waals surface area contributed by atoms with E-state index in [-0.39, 0.29) is 30.9 Å². The van der Waals surface area contributed by atoms with E-state index < -0.39 is 17.5 Å². The van der Waals surface area contributed by atoms with Gasteiger partial charge in [-0.2, -0.15) is 0 Å². The highest BCUT2D eigenvalue weighted by Crippen LogP contribution is 2.28. The molecule has 1 fully saturated rings. The minimum absolute atomic E-state index is 0.183. The van der Waals surface area contributed by atoms with Crippen LogP contribution in [0, 0.1) is 12.3 Å². The van der Waals surface area contributed by atoms with Crippen molar-refractivity contribution in [1.82, 2.24) is 20.5 Å². The van der Waals surface area contributed by atoms with Crippen molar-refractivity contribution in [3.63, 3.8) is 0 Å². The molecule has 11 heteroatoms. The molecule has 1 aromatic heterocycles. The Bertz CT molecular complexity index is 1100. The molecule has 0 radical (unpaired) electrons. The molecule has 0 bridgehead atoms. The molecule has 0 aliphatic carbocycles. The maximum atomic E-state index is 13.6. The Morgan fingerprint density at radius 2 is 1.87 bits per heavy atom. The number of hydrogen-bond acceptors (Lipinski definition) is 8. The maximum absolute atomic E-state index is 13.6. The topological polar surface area (TPSA) is 136 Å². The lowest BCUT2D eigenvalue weighted by Crippen LogP contribution is -2.58. The number of nitrogens with two attached hydrogens (primary N) is 1. The highest BCUT2D eigenvalue weighted by atomic mass is 32.1. The van der Waals surface area contributed by atoms with E-state index in [4.69, 9.17) is 15.2 Å². The largest absolute Gasteiger partial charge is 0.378 e. The van der Waals surface area contributed by atoms with E-state index >= 15 is 0 Å². The number of aryl methyl sites for hydroxylation is 1. The molecule has 1 saturated heterocycles. The highest BCUT2D eigenvalue weighted by molar-refractivity contribution is 7.13. The molecule has 4 N–H and O–H groups in total. The second kappa shape index (κ2) is 14.5. The monoisotopic (exact) mass is 559 g/mol. The molecule has 214 valence electrons. The normalized spacial score (nSPS) is 16.2. The molecular formula is C28H41N5O5S. The van der Waals surface area contributed by atoms with E-state index in [0.29, 0.717) is 39.3 Å². The van der Waals surface area contributed by atoms with Crippen LogP contribution in [0.25, 0.3) is 10.4 Å². The fourth-order valence-electron chi connectivity index (χ4n) is 4.45. The number of likely N-dealkylation sites (tertiary alicyclic amines) is 1. The Balaban J connectivity index is 1.55. The Kier molecular flexibility index (Phi) is 11.4. The Morgan fingerprint density at radius 3 is 2.51 bits per heavy atom. The summed E-state index contributed by atoms with van der Waals surface area (Å²) in [4.78, 5) is 46.3. The van der Waals surface area contributed by atoms with Crippen LogP contribution < -0.4 is 16.4 Å². The summed E-state index contributed by atoms with van der Waals surface area (Å²) in [6.45, 7) is 9.75. The Morgan fingerprint density at radius 1 is 1.15 bits per heavy atom. The lowest BCUT2D eigenvalue weighted by Gasteiger charge is -2.35. The summed E-state index contributed by atoms with van der Waals surface area (Å²) in [7, 11) is 0. The van der Waals surface area contributed by atoms with E-state index in [1.54, 1.807) is 16.2 Å². The molecule has 2 heterocycles. The van der Waals surface area contributed by atoms with Crippen LogP contribution in [0.3, 0.4) is 0 Å². The van der Waals surface area contributed by atoms with Crippen molar-refractivity contribution in [3.8, 4) is 10.4 Å². The third kappa shape index (κ3) is 8.82. The van der Waals surface area contributed by atoms with Gasteiger partial charge in [0.1, 0.15) is 18.7 Å². The number of ether oxygens (including phenoxy) is 2. The molecule has 2 atom stereocenters. The number of amides is 3. The number of carbonyl (C=O) groups excluding carboxylic acids is 3. The van der Waals surface area contributed by atoms with Crippen molar-refractivity contribution in [2.45, 2.75) is 59.2 Å². The second-order valence-electron chi connectivity index (χ2n) is 10.7. The Labute approximate surface area is 234 Å². The van der Waals surface area contributed by atoms with Gasteiger partial charge in [0.15, 0.2) is 0 Å². The molecule has 1 aliphatic heterocycles. The van der Waals surface area contributed by atoms with Gasteiger partial charge in [-0.25, -0.2) is 4.98 Å². The average Bonchev–Trinajstić information content (AvgIpc) is 3.56. The van der Waals surface area contributed by atoms with Gasteiger partial charge in [-0.15, -0.1) is 11.3 Å². The predicted molar refractivity (Wildman–Crippen MR) is 151 cm³/mol. The molecule has 39 heavy (non-hydrogen) atoms. The first kappa shape index (κ1) is 30.7. The molecule has 2 aromatic rings. The van der Waals surface area contributed by atoms with Crippen LogP contribution in [0.15, 0.2) is 29.8 Å². The van der Waals surface area contributed by atoms with E-state index in [2.05, 4.69) is 15.6 Å². The molecule has 0 saturated carbocycles. The zero-order chi connectivity index (χ0) is 28.4. The molecule has 0 spiro atoms. The molecule has 3 amide bonds. The SMILES string of the molecule is Cc1ncsc1-c1ccc(CNC(=O)C2CCCN2C(=O)C(NC(=O)COCCOCCN)C(C)(C)C)cc1. The second-order valence-corrected chi connectivity index (χ2v) is 11.5. The molecule has 1 aromatic carbocycles. The third-order valence-corrected chi connectivity index (χ3v) is 7.53. The van der Waals surface area contributed by atoms with Gasteiger partial charge >= 0.3 is 0 Å². The van der Waals surface area contributed by atoms with Crippen LogP contribution in [0.1, 0.15) is 44.9 Å². The first-order valence-corrected chi connectivity index (χ1v) is 14.2. The van der Waals surface area contributed by atoms with Crippen molar-refractivity contribution in [2.75, 3.05) is 39.5 Å². The molecule has 2 unspecified atom stereocenters. The van der Waals surface area contributed by atoms with Crippen LogP contribution in [-0.2, 0) is 30.4 Å². The van der Waals surface area contributed by atoms with E-state index in [1.807, 2.05) is 57.5 Å². The van der Waals surface area contributed by atoms with Crippen molar-refractivity contribution in [1.29, 1.82) is 0 Å². The standard InChI is InChI=1S/C28H41N5O5S/c1-19-24(39-18-31-19)21-9-7-20(8-10-21)16-30-26(35)22-6-5-12-33(22)27(36)25(28(2,3)4)32-23(34)17-38-15-14-37-13-11-29/h7-10,18,22,25H,5-6,11-17,29H2,1-4H3,(H,30,35)(H,32,34). The van der Waals surface area contributed by atoms with Gasteiger partial charge in [0, 0.05) is 19.6 Å². The Hall–Kier alpha value is -2.86. The molecule has 10 nitrogen and oxygen atoms in total. The lowest BCUT2D eigenvalue weighted by molar-refractivity contribution is -0.144. The van der Waals surface area contributed by atoms with E-state index in [0.717, 1.165) is 28.1 Å². The van der Waals surface area contributed by atoms with Gasteiger partial charge < -0.3 is 30.7 Å². The summed E-state index contributed by atoms with van der Waals surface area (Å²) in [5, 5.41) is 5.81. The third-order valence-electron chi connectivity index (χ3n) is 6.55. The van der Waals surface area contributed by atoms with Crippen molar-refractivity contribution >= 4 is 29.1 Å². The van der Waals surface area contributed by atoms with Gasteiger partial charge in [0.05, 0.1) is 35.9 Å². The molecule has 1 aliphatic rings. The number of rotatable bonds is 13. The summed E-state index contributed by atoms with van der Waals surface area (Å²) in [6.07, 6.45) is 1.31. The molecular weight excluding hydrogens is 518 g/mol. The number of nitrogens with zero attached hydrogens (tertiary/aromatic N) is 2. The fraction of sp³-hybridized carbons (Fsp3) is 0.571. The number of benzene rings is 1. The smallest absolute Gasteiger partial charge is 0.246 e. The first-order chi connectivity index (χ1) is 18.6. The van der Waals surface area contributed by atoms with E-state index in [1.165, 1.54) is 0 Å². The van der Waals surface area contributed by atoms with Crippen molar-refractivity contribution in [2.24, 2.45) is 11.1 Å². The van der Waals surface area contributed by atoms with Crippen LogP contribution >= 0.6 is 11.3 Å². The van der Waals surface area contributed by atoms with Crippen LogP contribution in [0.4, 0.5) is 0 Å². The quantitative estimate of drug-likeness (QED) is 0.320. The van der Waals surface area contributed by atoms with Gasteiger partial charge in [0.2, 0.25) is 17.7 Å². The van der Waals surface area contributed by atoms with Gasteiger partial charge in [-0.1, -0.05) is 45.0 Å². The number of nitrogens with one attached hydrogen (secondary N) is 2. The minimum Gasteiger partial charge on any atom is -0.378 e. The van der Waals surface area contributed by atoms with Crippen LogP contribution in [-0.4, -0.2) is 79.2 Å². The number of carbonyl (C=O) groups is 3. The van der Waals surface area contributed by atoms with Gasteiger partial charge in [-0.3, -0.25) is 14.4 Å². The summed E-state index contributed by atoms with van der Waals surface area (Å²) in [6, 6.07) is 6.67. The van der Waals surface area contributed by atoms with Crippen molar-refractivity contribution in [3.05, 3.63) is 41.0 Å². The summed E-state index contributed by atoms with van der Waals surface area (Å²) in [5.41, 5.74) is 9.71. The van der Waals surface area contributed by atoms with Crippen molar-refractivity contribution < 1.29 is 23.9 Å². The lowest BCUT2D eigenvalue weighted by atomic mass is 9.85.